The molecule has 0 bridgehead atoms. The van der Waals surface area contributed by atoms with Crippen LogP contribution in [0.5, 0.6) is 0 Å². The summed E-state index contributed by atoms with van der Waals surface area (Å²) in [7, 11) is -3.57. The standard InChI is InChI=1S/C19H23N3O4S/c1-15(2)16-3-5-18(6-4-16)27(25,26)22-13-11-20(12-14-22)19(23)17-7-9-21(24)10-8-17/h3-10,15H,11-14H2,1-2H3. The highest BCUT2D eigenvalue weighted by atomic mass is 32.2. The van der Waals surface area contributed by atoms with Gasteiger partial charge in [0.1, 0.15) is 0 Å². The highest BCUT2D eigenvalue weighted by molar-refractivity contribution is 7.89. The van der Waals surface area contributed by atoms with Crippen molar-refractivity contribution in [2.45, 2.75) is 24.7 Å². The van der Waals surface area contributed by atoms with Gasteiger partial charge < -0.3 is 10.1 Å². The Balaban J connectivity index is 1.67. The minimum absolute atomic E-state index is 0.200. The van der Waals surface area contributed by atoms with Crippen molar-refractivity contribution in [3.63, 3.8) is 0 Å². The molecule has 0 unspecified atom stereocenters. The van der Waals surface area contributed by atoms with E-state index >= 15 is 0 Å². The maximum atomic E-state index is 12.8. The summed E-state index contributed by atoms with van der Waals surface area (Å²) in [6.07, 6.45) is 2.55. The third-order valence-electron chi connectivity index (χ3n) is 4.76. The Labute approximate surface area is 159 Å². The van der Waals surface area contributed by atoms with Crippen molar-refractivity contribution in [2.24, 2.45) is 0 Å². The molecular formula is C19H23N3O4S. The quantitative estimate of drug-likeness (QED) is 0.587. The lowest BCUT2D eigenvalue weighted by atomic mass is 10.0. The summed E-state index contributed by atoms with van der Waals surface area (Å²) in [6.45, 7) is 5.23. The minimum atomic E-state index is -3.57. The average molecular weight is 389 g/mol. The molecule has 144 valence electrons. The third kappa shape index (κ3) is 4.12. The first-order valence-electron chi connectivity index (χ1n) is 8.87. The Hall–Kier alpha value is -2.45. The number of carbonyl (C=O) groups excluding carboxylic acids is 1. The van der Waals surface area contributed by atoms with Crippen molar-refractivity contribution in [1.82, 2.24) is 9.21 Å². The van der Waals surface area contributed by atoms with Gasteiger partial charge in [-0.2, -0.15) is 9.04 Å². The van der Waals surface area contributed by atoms with Crippen LogP contribution in [0.4, 0.5) is 0 Å². The molecule has 1 aliphatic rings. The molecule has 1 fully saturated rings. The number of benzene rings is 1. The molecule has 2 heterocycles. The second kappa shape index (κ2) is 7.66. The van der Waals surface area contributed by atoms with Crippen molar-refractivity contribution in [3.05, 3.63) is 65.1 Å². The van der Waals surface area contributed by atoms with Gasteiger partial charge >= 0.3 is 0 Å². The molecule has 0 atom stereocenters. The van der Waals surface area contributed by atoms with Crippen molar-refractivity contribution in [2.75, 3.05) is 26.2 Å². The smallest absolute Gasteiger partial charge is 0.254 e. The van der Waals surface area contributed by atoms with E-state index in [1.165, 1.54) is 28.8 Å². The van der Waals surface area contributed by atoms with Crippen LogP contribution in [0.1, 0.15) is 35.7 Å². The van der Waals surface area contributed by atoms with E-state index in [0.29, 0.717) is 29.3 Å². The van der Waals surface area contributed by atoms with Crippen LogP contribution in [-0.4, -0.2) is 49.7 Å². The Morgan fingerprint density at radius 3 is 2.07 bits per heavy atom. The number of sulfonamides is 1. The molecular weight excluding hydrogens is 366 g/mol. The van der Waals surface area contributed by atoms with E-state index in [0.717, 1.165) is 5.56 Å². The summed E-state index contributed by atoms with van der Waals surface area (Å²) in [5.41, 5.74) is 1.51. The van der Waals surface area contributed by atoms with E-state index < -0.39 is 10.0 Å². The van der Waals surface area contributed by atoms with Gasteiger partial charge in [0, 0.05) is 38.3 Å². The molecule has 3 rings (SSSR count). The van der Waals surface area contributed by atoms with E-state index in [9.17, 15) is 18.4 Å². The van der Waals surface area contributed by atoms with Crippen LogP contribution < -0.4 is 4.73 Å². The van der Waals surface area contributed by atoms with Gasteiger partial charge in [-0.1, -0.05) is 26.0 Å². The lowest BCUT2D eigenvalue weighted by Gasteiger charge is -2.34. The van der Waals surface area contributed by atoms with Gasteiger partial charge in [0.05, 0.1) is 10.5 Å². The summed E-state index contributed by atoms with van der Waals surface area (Å²) in [5.74, 6) is 0.138. The molecule has 0 spiro atoms. The second-order valence-corrected chi connectivity index (χ2v) is 8.80. The monoisotopic (exact) mass is 389 g/mol. The summed E-state index contributed by atoms with van der Waals surface area (Å²) in [6, 6.07) is 9.90. The molecule has 1 aliphatic heterocycles. The molecule has 0 radical (unpaired) electrons. The van der Waals surface area contributed by atoms with Crippen molar-refractivity contribution in [1.29, 1.82) is 0 Å². The second-order valence-electron chi connectivity index (χ2n) is 6.87. The number of aromatic nitrogens is 1. The maximum absolute atomic E-state index is 12.8. The van der Waals surface area contributed by atoms with Crippen molar-refractivity contribution >= 4 is 15.9 Å². The predicted molar refractivity (Wildman–Crippen MR) is 101 cm³/mol. The molecule has 1 saturated heterocycles. The van der Waals surface area contributed by atoms with Gasteiger partial charge in [-0.15, -0.1) is 0 Å². The van der Waals surface area contributed by atoms with E-state index in [2.05, 4.69) is 13.8 Å². The first kappa shape index (κ1) is 19.3. The Morgan fingerprint density at radius 1 is 1.00 bits per heavy atom. The molecule has 0 aliphatic carbocycles. The maximum Gasteiger partial charge on any atom is 0.254 e. The fourth-order valence-electron chi connectivity index (χ4n) is 3.04. The molecule has 0 N–H and O–H groups in total. The zero-order chi connectivity index (χ0) is 19.6. The normalized spacial score (nSPS) is 15.9. The van der Waals surface area contributed by atoms with Gasteiger partial charge in [-0.05, 0) is 23.6 Å². The van der Waals surface area contributed by atoms with E-state index in [1.54, 1.807) is 17.0 Å². The van der Waals surface area contributed by atoms with Crippen LogP contribution in [0.25, 0.3) is 0 Å². The molecule has 8 heteroatoms. The average Bonchev–Trinajstić information content (AvgIpc) is 2.68. The van der Waals surface area contributed by atoms with Gasteiger partial charge in [-0.25, -0.2) is 8.42 Å². The first-order valence-corrected chi connectivity index (χ1v) is 10.3. The van der Waals surface area contributed by atoms with Gasteiger partial charge in [0.25, 0.3) is 5.91 Å². The molecule has 27 heavy (non-hydrogen) atoms. The molecule has 1 aromatic carbocycles. The summed E-state index contributed by atoms with van der Waals surface area (Å²) in [4.78, 5) is 14.4. The summed E-state index contributed by atoms with van der Waals surface area (Å²) in [5, 5.41) is 11.1. The Bertz CT molecular complexity index is 901. The number of nitrogens with zero attached hydrogens (tertiary/aromatic N) is 3. The number of pyridine rings is 1. The van der Waals surface area contributed by atoms with Gasteiger partial charge in [0.15, 0.2) is 12.4 Å². The lowest BCUT2D eigenvalue weighted by molar-refractivity contribution is -0.605. The molecule has 7 nitrogen and oxygen atoms in total. The number of amides is 1. The van der Waals surface area contributed by atoms with Crippen molar-refractivity contribution < 1.29 is 17.9 Å². The molecule has 2 aromatic rings. The number of piperazine rings is 1. The third-order valence-corrected chi connectivity index (χ3v) is 6.67. The summed E-state index contributed by atoms with van der Waals surface area (Å²) >= 11 is 0. The molecule has 1 aromatic heterocycles. The first-order chi connectivity index (χ1) is 12.8. The van der Waals surface area contributed by atoms with E-state index in [1.807, 2.05) is 12.1 Å². The van der Waals surface area contributed by atoms with Crippen LogP contribution in [0.15, 0.2) is 53.7 Å². The number of rotatable bonds is 4. The largest absolute Gasteiger partial charge is 0.619 e. The van der Waals surface area contributed by atoms with E-state index in [-0.39, 0.29) is 23.9 Å². The van der Waals surface area contributed by atoms with Gasteiger partial charge in [0.2, 0.25) is 10.0 Å². The lowest BCUT2D eigenvalue weighted by Crippen LogP contribution is -2.50. The molecule has 0 saturated carbocycles. The SMILES string of the molecule is CC(C)c1ccc(S(=O)(=O)N2CCN(C(=O)c3cc[n+]([O-])cc3)CC2)cc1. The van der Waals surface area contributed by atoms with Crippen LogP contribution in [-0.2, 0) is 10.0 Å². The fourth-order valence-corrected chi connectivity index (χ4v) is 4.47. The van der Waals surface area contributed by atoms with Crippen LogP contribution in [0.3, 0.4) is 0 Å². The van der Waals surface area contributed by atoms with Gasteiger partial charge in [-0.3, -0.25) is 4.79 Å². The van der Waals surface area contributed by atoms with Crippen LogP contribution in [0.2, 0.25) is 0 Å². The number of hydrogen-bond donors (Lipinski definition) is 0. The Morgan fingerprint density at radius 2 is 1.56 bits per heavy atom. The topological polar surface area (TPSA) is 84.6 Å². The zero-order valence-electron chi connectivity index (χ0n) is 15.4. The summed E-state index contributed by atoms with van der Waals surface area (Å²) < 4.78 is 27.7. The highest BCUT2D eigenvalue weighted by Crippen LogP contribution is 2.21. The fraction of sp³-hybridized carbons (Fsp3) is 0.368. The number of carbonyl (C=O) groups is 1. The Kier molecular flexibility index (Phi) is 5.48. The predicted octanol–water partition coefficient (Wildman–Crippen LogP) is 1.59. The van der Waals surface area contributed by atoms with E-state index in [4.69, 9.17) is 0 Å². The highest BCUT2D eigenvalue weighted by Gasteiger charge is 2.30. The minimum Gasteiger partial charge on any atom is -0.619 e. The number of hydrogen-bond acceptors (Lipinski definition) is 4. The molecule has 1 amide bonds. The van der Waals surface area contributed by atoms with Crippen molar-refractivity contribution in [3.8, 4) is 0 Å². The van der Waals surface area contributed by atoms with Crippen LogP contribution in [0, 0.1) is 5.21 Å². The zero-order valence-corrected chi connectivity index (χ0v) is 16.2. The van der Waals surface area contributed by atoms with Crippen LogP contribution >= 0.6 is 0 Å².